The summed E-state index contributed by atoms with van der Waals surface area (Å²) in [5.41, 5.74) is 0. The number of Topliss-reactive ketones (excluding diaryl/α,β-unsaturated/α-hetero) is 1. The maximum absolute atomic E-state index is 11.6. The molecule has 2 aromatic heterocycles. The third kappa shape index (κ3) is 2.52. The molecule has 0 atom stereocenters. The van der Waals surface area contributed by atoms with E-state index in [1.54, 1.807) is 18.2 Å². The van der Waals surface area contributed by atoms with Crippen LogP contribution in [0.1, 0.15) is 16.3 Å². The van der Waals surface area contributed by atoms with Gasteiger partial charge in [0.1, 0.15) is 5.76 Å². The summed E-state index contributed by atoms with van der Waals surface area (Å²) in [6.45, 7) is 0. The minimum atomic E-state index is -0.163. The van der Waals surface area contributed by atoms with E-state index in [1.165, 1.54) is 6.07 Å². The summed E-state index contributed by atoms with van der Waals surface area (Å²) in [4.78, 5) is 11.6. The molecule has 2 rings (SSSR count). The van der Waals surface area contributed by atoms with Gasteiger partial charge in [-0.25, -0.2) is 0 Å². The Balaban J connectivity index is 2.10. The molecule has 0 radical (unpaired) electrons. The number of furan rings is 2. The van der Waals surface area contributed by atoms with Gasteiger partial charge in [-0.3, -0.25) is 4.79 Å². The minimum absolute atomic E-state index is 0.162. The molecule has 0 aliphatic carbocycles. The van der Waals surface area contributed by atoms with Gasteiger partial charge in [0.2, 0.25) is 5.78 Å². The fourth-order valence-electron chi connectivity index (χ4n) is 1.16. The van der Waals surface area contributed by atoms with Crippen molar-refractivity contribution in [2.45, 2.75) is 6.42 Å². The molecule has 0 aromatic carbocycles. The summed E-state index contributed by atoms with van der Waals surface area (Å²) in [5.74, 6) is 0.663. The van der Waals surface area contributed by atoms with E-state index in [0.29, 0.717) is 10.4 Å². The van der Waals surface area contributed by atoms with Gasteiger partial charge in [0, 0.05) is 0 Å². The Morgan fingerprint density at radius 2 is 2.07 bits per heavy atom. The Kier molecular flexibility index (Phi) is 2.98. The standard InChI is InChI=1S/C10H6BrClO3/c11-9-3-1-6(14-9)5-7(13)8-2-4-10(12)15-8/h1-4H,5H2. The third-order valence-corrected chi connectivity index (χ3v) is 2.44. The van der Waals surface area contributed by atoms with Crippen LogP contribution in [0.15, 0.2) is 37.8 Å². The summed E-state index contributed by atoms with van der Waals surface area (Å²) in [7, 11) is 0. The summed E-state index contributed by atoms with van der Waals surface area (Å²) >= 11 is 8.72. The first-order chi connectivity index (χ1) is 7.15. The fraction of sp³-hybridized carbons (Fsp3) is 0.100. The van der Waals surface area contributed by atoms with Crippen molar-refractivity contribution in [2.24, 2.45) is 0 Å². The number of carbonyl (C=O) groups excluding carboxylic acids is 1. The van der Waals surface area contributed by atoms with Gasteiger partial charge in [-0.1, -0.05) is 0 Å². The Labute approximate surface area is 99.1 Å². The maximum atomic E-state index is 11.6. The summed E-state index contributed by atoms with van der Waals surface area (Å²) in [6.07, 6.45) is 0.162. The quantitative estimate of drug-likeness (QED) is 0.809. The van der Waals surface area contributed by atoms with Crippen molar-refractivity contribution in [2.75, 3.05) is 0 Å². The molecular weight excluding hydrogens is 283 g/mol. The largest absolute Gasteiger partial charge is 0.454 e. The molecule has 3 nitrogen and oxygen atoms in total. The lowest BCUT2D eigenvalue weighted by molar-refractivity contribution is 0.0960. The average molecular weight is 290 g/mol. The molecule has 0 N–H and O–H groups in total. The molecule has 0 aliphatic heterocycles. The normalized spacial score (nSPS) is 10.5. The van der Waals surface area contributed by atoms with Crippen LogP contribution in [0.25, 0.3) is 0 Å². The van der Waals surface area contributed by atoms with Crippen LogP contribution in [0.4, 0.5) is 0 Å². The van der Waals surface area contributed by atoms with Crippen molar-refractivity contribution in [3.05, 3.63) is 45.7 Å². The molecule has 0 aliphatic rings. The van der Waals surface area contributed by atoms with E-state index in [9.17, 15) is 4.79 Å². The number of ketones is 1. The predicted molar refractivity (Wildman–Crippen MR) is 58.2 cm³/mol. The second kappa shape index (κ2) is 4.24. The van der Waals surface area contributed by atoms with Crippen LogP contribution in [-0.4, -0.2) is 5.78 Å². The van der Waals surface area contributed by atoms with E-state index in [-0.39, 0.29) is 23.2 Å². The average Bonchev–Trinajstić information content (AvgIpc) is 2.75. The predicted octanol–water partition coefficient (Wildman–Crippen LogP) is 3.71. The van der Waals surface area contributed by atoms with Crippen molar-refractivity contribution in [3.8, 4) is 0 Å². The Morgan fingerprint density at radius 1 is 1.27 bits per heavy atom. The lowest BCUT2D eigenvalue weighted by atomic mass is 10.2. The Bertz CT molecular complexity index is 486. The highest BCUT2D eigenvalue weighted by Gasteiger charge is 2.13. The monoisotopic (exact) mass is 288 g/mol. The second-order valence-electron chi connectivity index (χ2n) is 2.91. The third-order valence-electron chi connectivity index (χ3n) is 1.81. The molecule has 0 amide bonds. The van der Waals surface area contributed by atoms with Gasteiger partial charge < -0.3 is 8.83 Å². The lowest BCUT2D eigenvalue weighted by Gasteiger charge is -1.93. The fourth-order valence-corrected chi connectivity index (χ4v) is 1.64. The highest BCUT2D eigenvalue weighted by molar-refractivity contribution is 9.10. The first-order valence-electron chi connectivity index (χ1n) is 4.18. The van der Waals surface area contributed by atoms with Gasteiger partial charge in [-0.15, -0.1) is 0 Å². The zero-order chi connectivity index (χ0) is 10.8. The molecule has 0 fully saturated rings. The van der Waals surface area contributed by atoms with Crippen LogP contribution in [0.3, 0.4) is 0 Å². The molecule has 0 unspecified atom stereocenters. The van der Waals surface area contributed by atoms with Crippen LogP contribution in [0.2, 0.25) is 5.22 Å². The second-order valence-corrected chi connectivity index (χ2v) is 4.06. The van der Waals surface area contributed by atoms with Crippen LogP contribution in [0, 0.1) is 0 Å². The van der Waals surface area contributed by atoms with Crippen LogP contribution >= 0.6 is 27.5 Å². The minimum Gasteiger partial charge on any atom is -0.454 e. The summed E-state index contributed by atoms with van der Waals surface area (Å²) in [5, 5.41) is 0.207. The van der Waals surface area contributed by atoms with E-state index in [1.807, 2.05) is 0 Å². The van der Waals surface area contributed by atoms with Crippen molar-refractivity contribution in [1.29, 1.82) is 0 Å². The van der Waals surface area contributed by atoms with Crippen LogP contribution in [-0.2, 0) is 6.42 Å². The number of hydrogen-bond acceptors (Lipinski definition) is 3. The van der Waals surface area contributed by atoms with E-state index in [4.69, 9.17) is 20.4 Å². The van der Waals surface area contributed by atoms with Gasteiger partial charge >= 0.3 is 0 Å². The van der Waals surface area contributed by atoms with Gasteiger partial charge in [0.25, 0.3) is 0 Å². The Hall–Kier alpha value is -1.00. The maximum Gasteiger partial charge on any atom is 0.205 e. The number of rotatable bonds is 3. The molecule has 2 heterocycles. The number of carbonyl (C=O) groups is 1. The van der Waals surface area contributed by atoms with Crippen molar-refractivity contribution in [3.63, 3.8) is 0 Å². The molecule has 0 saturated heterocycles. The van der Waals surface area contributed by atoms with E-state index in [0.717, 1.165) is 0 Å². The van der Waals surface area contributed by atoms with Gasteiger partial charge in [0.15, 0.2) is 15.6 Å². The van der Waals surface area contributed by atoms with E-state index >= 15 is 0 Å². The lowest BCUT2D eigenvalue weighted by Crippen LogP contribution is -2.00. The smallest absolute Gasteiger partial charge is 0.205 e. The zero-order valence-electron chi connectivity index (χ0n) is 7.50. The molecule has 5 heteroatoms. The van der Waals surface area contributed by atoms with E-state index < -0.39 is 0 Å². The van der Waals surface area contributed by atoms with Gasteiger partial charge in [-0.2, -0.15) is 0 Å². The number of halogens is 2. The van der Waals surface area contributed by atoms with Crippen LogP contribution in [0.5, 0.6) is 0 Å². The highest BCUT2D eigenvalue weighted by Crippen LogP contribution is 2.18. The molecule has 0 spiro atoms. The first kappa shape index (κ1) is 10.5. The number of hydrogen-bond donors (Lipinski definition) is 0. The van der Waals surface area contributed by atoms with Gasteiger partial charge in [-0.05, 0) is 51.8 Å². The van der Waals surface area contributed by atoms with Gasteiger partial charge in [0.05, 0.1) is 6.42 Å². The first-order valence-corrected chi connectivity index (χ1v) is 5.35. The van der Waals surface area contributed by atoms with E-state index in [2.05, 4.69) is 15.9 Å². The molecule has 78 valence electrons. The van der Waals surface area contributed by atoms with Crippen molar-refractivity contribution < 1.29 is 13.6 Å². The SMILES string of the molecule is O=C(Cc1ccc(Br)o1)c1ccc(Cl)o1. The summed E-state index contributed by atoms with van der Waals surface area (Å²) < 4.78 is 10.8. The molecule has 2 aromatic rings. The molecule has 0 saturated carbocycles. The topological polar surface area (TPSA) is 43.4 Å². The zero-order valence-corrected chi connectivity index (χ0v) is 9.84. The van der Waals surface area contributed by atoms with Crippen LogP contribution < -0.4 is 0 Å². The Morgan fingerprint density at radius 3 is 2.60 bits per heavy atom. The van der Waals surface area contributed by atoms with Crippen molar-refractivity contribution >= 4 is 33.3 Å². The van der Waals surface area contributed by atoms with Crippen molar-refractivity contribution in [1.82, 2.24) is 0 Å². The summed E-state index contributed by atoms with van der Waals surface area (Å²) in [6, 6.07) is 6.54. The molecular formula is C10H6BrClO3. The highest BCUT2D eigenvalue weighted by atomic mass is 79.9. The molecule has 15 heavy (non-hydrogen) atoms. The molecule has 0 bridgehead atoms.